The zero-order valence-electron chi connectivity index (χ0n) is 10.6. The molecule has 0 amide bonds. The van der Waals surface area contributed by atoms with Gasteiger partial charge in [-0.05, 0) is 13.0 Å². The molecule has 0 heterocycles. The van der Waals surface area contributed by atoms with Gasteiger partial charge in [-0.15, -0.1) is 11.6 Å². The fourth-order valence-corrected chi connectivity index (χ4v) is 2.02. The average molecular weight is 288 g/mol. The van der Waals surface area contributed by atoms with Crippen LogP contribution >= 0.6 is 11.6 Å². The van der Waals surface area contributed by atoms with E-state index in [0.717, 1.165) is 0 Å². The number of benzene rings is 1. The van der Waals surface area contributed by atoms with Crippen molar-refractivity contribution < 1.29 is 19.2 Å². The van der Waals surface area contributed by atoms with Crippen LogP contribution in [0.25, 0.3) is 0 Å². The minimum atomic E-state index is -0.536. The number of methoxy groups -OCH3 is 1. The lowest BCUT2D eigenvalue weighted by Gasteiger charge is -2.12. The third-order valence-electron chi connectivity index (χ3n) is 2.54. The van der Waals surface area contributed by atoms with Gasteiger partial charge in [0.2, 0.25) is 0 Å². The van der Waals surface area contributed by atoms with E-state index in [9.17, 15) is 14.9 Å². The van der Waals surface area contributed by atoms with Crippen molar-refractivity contribution >= 4 is 23.3 Å². The van der Waals surface area contributed by atoms with Crippen molar-refractivity contribution in [1.29, 1.82) is 0 Å². The Morgan fingerprint density at radius 3 is 2.58 bits per heavy atom. The maximum atomic E-state index is 11.5. The molecule has 6 nitrogen and oxygen atoms in total. The summed E-state index contributed by atoms with van der Waals surface area (Å²) in [5.74, 6) is -0.176. The molecule has 0 aliphatic rings. The SMILES string of the molecule is CCOC(=O)Cc1c(OC)ccc([N+](=O)[O-])c1CCl. The summed E-state index contributed by atoms with van der Waals surface area (Å²) >= 11 is 5.76. The van der Waals surface area contributed by atoms with E-state index in [1.54, 1.807) is 6.92 Å². The van der Waals surface area contributed by atoms with Crippen LogP contribution in [-0.4, -0.2) is 24.6 Å². The highest BCUT2D eigenvalue weighted by Gasteiger charge is 2.22. The Kier molecular flexibility index (Phi) is 5.57. The molecule has 0 unspecified atom stereocenters. The molecule has 1 aromatic carbocycles. The fourth-order valence-electron chi connectivity index (χ4n) is 1.72. The minimum Gasteiger partial charge on any atom is -0.496 e. The highest BCUT2D eigenvalue weighted by Crippen LogP contribution is 2.32. The molecule has 0 saturated heterocycles. The van der Waals surface area contributed by atoms with Crippen LogP contribution in [0, 0.1) is 10.1 Å². The number of alkyl halides is 1. The number of hydrogen-bond acceptors (Lipinski definition) is 5. The molecule has 0 aliphatic carbocycles. The van der Waals surface area contributed by atoms with E-state index in [1.807, 2.05) is 0 Å². The smallest absolute Gasteiger partial charge is 0.310 e. The van der Waals surface area contributed by atoms with Crippen LogP contribution < -0.4 is 4.74 Å². The first-order valence-electron chi connectivity index (χ1n) is 5.59. The summed E-state index contributed by atoms with van der Waals surface area (Å²) in [4.78, 5) is 21.9. The highest BCUT2D eigenvalue weighted by atomic mass is 35.5. The Balaban J connectivity index is 3.27. The van der Waals surface area contributed by atoms with Crippen molar-refractivity contribution in [3.63, 3.8) is 0 Å². The second kappa shape index (κ2) is 6.94. The van der Waals surface area contributed by atoms with E-state index in [0.29, 0.717) is 11.3 Å². The molecular formula is C12H14ClNO5. The molecule has 0 atom stereocenters. The van der Waals surface area contributed by atoms with E-state index in [1.165, 1.54) is 19.2 Å². The van der Waals surface area contributed by atoms with Gasteiger partial charge in [0.05, 0.1) is 36.5 Å². The molecule has 0 aromatic heterocycles. The van der Waals surface area contributed by atoms with Gasteiger partial charge in [0, 0.05) is 11.6 Å². The lowest BCUT2D eigenvalue weighted by atomic mass is 10.0. The van der Waals surface area contributed by atoms with E-state index in [4.69, 9.17) is 21.1 Å². The Bertz CT molecular complexity index is 489. The summed E-state index contributed by atoms with van der Waals surface area (Å²) in [6.07, 6.45) is -0.110. The molecule has 0 bridgehead atoms. The summed E-state index contributed by atoms with van der Waals surface area (Å²) in [7, 11) is 1.42. The number of nitro groups is 1. The number of hydrogen-bond donors (Lipinski definition) is 0. The lowest BCUT2D eigenvalue weighted by molar-refractivity contribution is -0.385. The zero-order valence-corrected chi connectivity index (χ0v) is 11.4. The molecule has 7 heteroatoms. The van der Waals surface area contributed by atoms with Gasteiger partial charge in [-0.3, -0.25) is 14.9 Å². The Hall–Kier alpha value is -1.82. The molecular weight excluding hydrogens is 274 g/mol. The predicted octanol–water partition coefficient (Wildman–Crippen LogP) is 2.45. The second-order valence-electron chi connectivity index (χ2n) is 3.62. The number of esters is 1. The molecule has 0 spiro atoms. The third kappa shape index (κ3) is 3.57. The third-order valence-corrected chi connectivity index (χ3v) is 2.81. The number of carbonyl (C=O) groups excluding carboxylic acids is 1. The molecule has 0 radical (unpaired) electrons. The summed E-state index contributed by atoms with van der Waals surface area (Å²) < 4.78 is 9.95. The first kappa shape index (κ1) is 15.2. The standard InChI is InChI=1S/C12H14ClNO5/c1-3-19-12(15)6-8-9(7-13)10(14(16)17)4-5-11(8)18-2/h4-5H,3,6-7H2,1-2H3. The van der Waals surface area contributed by atoms with Crippen LogP contribution in [0.15, 0.2) is 12.1 Å². The number of halogens is 1. The molecule has 1 aromatic rings. The number of carbonyl (C=O) groups is 1. The van der Waals surface area contributed by atoms with Crippen LogP contribution in [-0.2, 0) is 21.8 Å². The van der Waals surface area contributed by atoms with Crippen LogP contribution in [0.1, 0.15) is 18.1 Å². The molecule has 0 aliphatic heterocycles. The molecule has 19 heavy (non-hydrogen) atoms. The van der Waals surface area contributed by atoms with Crippen LogP contribution in [0.5, 0.6) is 5.75 Å². The van der Waals surface area contributed by atoms with Crippen molar-refractivity contribution in [3.05, 3.63) is 33.4 Å². The summed E-state index contributed by atoms with van der Waals surface area (Å²) in [6, 6.07) is 2.76. The number of nitrogens with zero attached hydrogens (tertiary/aromatic N) is 1. The molecule has 1 rings (SSSR count). The second-order valence-corrected chi connectivity index (χ2v) is 3.88. The van der Waals surface area contributed by atoms with Gasteiger partial charge in [0.1, 0.15) is 5.75 Å². The van der Waals surface area contributed by atoms with E-state index >= 15 is 0 Å². The van der Waals surface area contributed by atoms with Crippen molar-refractivity contribution in [2.75, 3.05) is 13.7 Å². The molecule has 0 N–H and O–H groups in total. The van der Waals surface area contributed by atoms with Gasteiger partial charge < -0.3 is 9.47 Å². The lowest BCUT2D eigenvalue weighted by Crippen LogP contribution is -2.11. The minimum absolute atomic E-state index is 0.0811. The Morgan fingerprint density at radius 1 is 1.42 bits per heavy atom. The summed E-state index contributed by atoms with van der Waals surface area (Å²) in [5, 5.41) is 10.9. The zero-order chi connectivity index (χ0) is 14.4. The summed E-state index contributed by atoms with van der Waals surface area (Å²) in [6.45, 7) is 1.93. The van der Waals surface area contributed by atoms with Crippen molar-refractivity contribution in [1.82, 2.24) is 0 Å². The fraction of sp³-hybridized carbons (Fsp3) is 0.417. The average Bonchev–Trinajstić information content (AvgIpc) is 2.38. The van der Waals surface area contributed by atoms with Gasteiger partial charge in [-0.1, -0.05) is 0 Å². The van der Waals surface area contributed by atoms with Crippen LogP contribution in [0.2, 0.25) is 0 Å². The van der Waals surface area contributed by atoms with E-state index < -0.39 is 10.9 Å². The van der Waals surface area contributed by atoms with Gasteiger partial charge in [-0.25, -0.2) is 0 Å². The summed E-state index contributed by atoms with van der Waals surface area (Å²) in [5.41, 5.74) is 0.541. The first-order chi connectivity index (χ1) is 9.04. The molecule has 0 fully saturated rings. The van der Waals surface area contributed by atoms with Gasteiger partial charge in [0.15, 0.2) is 0 Å². The number of nitro benzene ring substituents is 1. The topological polar surface area (TPSA) is 78.7 Å². The van der Waals surface area contributed by atoms with Crippen LogP contribution in [0.3, 0.4) is 0 Å². The van der Waals surface area contributed by atoms with Crippen molar-refractivity contribution in [2.24, 2.45) is 0 Å². The number of ether oxygens (including phenoxy) is 2. The quantitative estimate of drug-likeness (QED) is 0.347. The van der Waals surface area contributed by atoms with Crippen molar-refractivity contribution in [2.45, 2.75) is 19.2 Å². The predicted molar refractivity (Wildman–Crippen MR) is 69.5 cm³/mol. The Labute approximate surface area is 115 Å². The van der Waals surface area contributed by atoms with Crippen LogP contribution in [0.4, 0.5) is 5.69 Å². The number of rotatable bonds is 6. The van der Waals surface area contributed by atoms with E-state index in [2.05, 4.69) is 0 Å². The normalized spacial score (nSPS) is 10.1. The van der Waals surface area contributed by atoms with Gasteiger partial charge >= 0.3 is 5.97 Å². The monoisotopic (exact) mass is 287 g/mol. The highest BCUT2D eigenvalue weighted by molar-refractivity contribution is 6.17. The maximum absolute atomic E-state index is 11.5. The first-order valence-corrected chi connectivity index (χ1v) is 6.13. The molecule has 104 valence electrons. The Morgan fingerprint density at radius 2 is 2.11 bits per heavy atom. The maximum Gasteiger partial charge on any atom is 0.310 e. The van der Waals surface area contributed by atoms with Gasteiger partial charge in [-0.2, -0.15) is 0 Å². The van der Waals surface area contributed by atoms with Gasteiger partial charge in [0.25, 0.3) is 5.69 Å². The van der Waals surface area contributed by atoms with E-state index in [-0.39, 0.29) is 30.2 Å². The molecule has 0 saturated carbocycles. The largest absolute Gasteiger partial charge is 0.496 e. The van der Waals surface area contributed by atoms with Crippen molar-refractivity contribution in [3.8, 4) is 5.75 Å².